The molecule has 0 aromatic heterocycles. The van der Waals surface area contributed by atoms with Crippen molar-refractivity contribution in [2.75, 3.05) is 32.8 Å². The molecule has 5 nitrogen and oxygen atoms in total. The lowest BCUT2D eigenvalue weighted by Crippen LogP contribution is -2.43. The van der Waals surface area contributed by atoms with Gasteiger partial charge in [-0.1, -0.05) is 0 Å². The molecule has 2 heterocycles. The Bertz CT molecular complexity index is 588. The molecule has 0 aliphatic carbocycles. The topological polar surface area (TPSA) is 50.8 Å². The Hall–Kier alpha value is -1.46. The minimum atomic E-state index is 0. The molecule has 1 saturated heterocycles. The van der Waals surface area contributed by atoms with Gasteiger partial charge in [-0.3, -0.25) is 4.79 Å². The molecule has 0 atom stereocenters. The summed E-state index contributed by atoms with van der Waals surface area (Å²) in [7, 11) is 0. The van der Waals surface area contributed by atoms with Crippen molar-refractivity contribution in [2.24, 2.45) is 5.92 Å². The van der Waals surface area contributed by atoms with E-state index in [0.29, 0.717) is 25.7 Å². The molecule has 0 spiro atoms. The SMILES string of the molecule is CCOc1cc2c(cc1OCC)CN(C(=O)C1CCNCC1)CC2.Cl. The van der Waals surface area contributed by atoms with Crippen LogP contribution in [0.3, 0.4) is 0 Å². The van der Waals surface area contributed by atoms with Crippen molar-refractivity contribution in [3.63, 3.8) is 0 Å². The van der Waals surface area contributed by atoms with Crippen molar-refractivity contribution < 1.29 is 14.3 Å². The molecule has 0 unspecified atom stereocenters. The maximum atomic E-state index is 12.8. The molecule has 0 bridgehead atoms. The fourth-order valence-corrected chi connectivity index (χ4v) is 3.62. The van der Waals surface area contributed by atoms with Crippen LogP contribution in [0.15, 0.2) is 12.1 Å². The monoisotopic (exact) mass is 368 g/mol. The fourth-order valence-electron chi connectivity index (χ4n) is 3.62. The number of amides is 1. The number of benzene rings is 1. The van der Waals surface area contributed by atoms with Crippen LogP contribution in [0.25, 0.3) is 0 Å². The van der Waals surface area contributed by atoms with Gasteiger partial charge in [-0.05, 0) is 69.5 Å². The van der Waals surface area contributed by atoms with Crippen LogP contribution in [0.2, 0.25) is 0 Å². The summed E-state index contributed by atoms with van der Waals surface area (Å²) >= 11 is 0. The van der Waals surface area contributed by atoms with Crippen LogP contribution in [0.1, 0.15) is 37.8 Å². The van der Waals surface area contributed by atoms with E-state index in [2.05, 4.69) is 17.4 Å². The van der Waals surface area contributed by atoms with Crippen LogP contribution in [0.4, 0.5) is 0 Å². The standard InChI is InChI=1S/C19H28N2O3.ClH/c1-3-23-17-11-15-7-10-21(13-16(15)12-18(17)24-4-2)19(22)14-5-8-20-9-6-14;/h11-12,14,20H,3-10,13H2,1-2H3;1H. The zero-order chi connectivity index (χ0) is 16.9. The Morgan fingerprint density at radius 1 is 1.12 bits per heavy atom. The minimum Gasteiger partial charge on any atom is -0.490 e. The first-order valence-electron chi connectivity index (χ1n) is 9.13. The largest absolute Gasteiger partial charge is 0.490 e. The Morgan fingerprint density at radius 2 is 1.72 bits per heavy atom. The predicted molar refractivity (Wildman–Crippen MR) is 101 cm³/mol. The van der Waals surface area contributed by atoms with E-state index in [1.807, 2.05) is 18.7 Å². The first-order chi connectivity index (χ1) is 11.7. The van der Waals surface area contributed by atoms with Gasteiger partial charge in [0.2, 0.25) is 5.91 Å². The molecule has 1 fully saturated rings. The lowest BCUT2D eigenvalue weighted by Gasteiger charge is -2.33. The van der Waals surface area contributed by atoms with Gasteiger partial charge in [-0.2, -0.15) is 0 Å². The number of hydrogen-bond donors (Lipinski definition) is 1. The van der Waals surface area contributed by atoms with Crippen molar-refractivity contribution >= 4 is 18.3 Å². The number of nitrogens with zero attached hydrogens (tertiary/aromatic N) is 1. The zero-order valence-corrected chi connectivity index (χ0v) is 16.0. The van der Waals surface area contributed by atoms with Gasteiger partial charge in [0.1, 0.15) is 0 Å². The first-order valence-corrected chi connectivity index (χ1v) is 9.13. The van der Waals surface area contributed by atoms with Crippen molar-refractivity contribution in [2.45, 2.75) is 39.7 Å². The average molecular weight is 369 g/mol. The number of ether oxygens (including phenoxy) is 2. The lowest BCUT2D eigenvalue weighted by atomic mass is 9.93. The fraction of sp³-hybridized carbons (Fsp3) is 0.632. The van der Waals surface area contributed by atoms with Crippen LogP contribution in [0, 0.1) is 5.92 Å². The molecule has 2 aliphatic heterocycles. The molecule has 1 amide bonds. The molecule has 6 heteroatoms. The van der Waals surface area contributed by atoms with Crippen molar-refractivity contribution in [3.8, 4) is 11.5 Å². The van der Waals surface area contributed by atoms with Gasteiger partial charge < -0.3 is 19.7 Å². The molecule has 1 N–H and O–H groups in total. The highest BCUT2D eigenvalue weighted by atomic mass is 35.5. The number of carbonyl (C=O) groups excluding carboxylic acids is 1. The summed E-state index contributed by atoms with van der Waals surface area (Å²) < 4.78 is 11.4. The first kappa shape index (κ1) is 19.9. The second kappa shape index (κ2) is 9.30. The van der Waals surface area contributed by atoms with Gasteiger partial charge in [0.05, 0.1) is 13.2 Å². The summed E-state index contributed by atoms with van der Waals surface area (Å²) in [6.45, 7) is 8.58. The van der Waals surface area contributed by atoms with E-state index in [0.717, 1.165) is 50.4 Å². The molecule has 2 aliphatic rings. The summed E-state index contributed by atoms with van der Waals surface area (Å²) in [5, 5.41) is 3.33. The van der Waals surface area contributed by atoms with Crippen molar-refractivity contribution in [1.82, 2.24) is 10.2 Å². The number of carbonyl (C=O) groups is 1. The molecule has 1 aromatic carbocycles. The highest BCUT2D eigenvalue weighted by Crippen LogP contribution is 2.34. The van der Waals surface area contributed by atoms with Crippen LogP contribution in [0.5, 0.6) is 11.5 Å². The van der Waals surface area contributed by atoms with Gasteiger partial charge >= 0.3 is 0 Å². The second-order valence-electron chi connectivity index (χ2n) is 6.47. The number of hydrogen-bond acceptors (Lipinski definition) is 4. The van der Waals surface area contributed by atoms with E-state index in [4.69, 9.17) is 9.47 Å². The molecule has 3 rings (SSSR count). The highest BCUT2D eigenvalue weighted by molar-refractivity contribution is 5.85. The summed E-state index contributed by atoms with van der Waals surface area (Å²) in [5.74, 6) is 2.10. The highest BCUT2D eigenvalue weighted by Gasteiger charge is 2.29. The number of rotatable bonds is 5. The number of fused-ring (bicyclic) bond motifs is 1. The van der Waals surface area contributed by atoms with Crippen molar-refractivity contribution in [3.05, 3.63) is 23.3 Å². The van der Waals surface area contributed by atoms with Gasteiger partial charge in [-0.15, -0.1) is 12.4 Å². The van der Waals surface area contributed by atoms with E-state index >= 15 is 0 Å². The lowest BCUT2D eigenvalue weighted by molar-refractivity contribution is -0.137. The zero-order valence-electron chi connectivity index (χ0n) is 15.2. The van der Waals surface area contributed by atoms with E-state index in [1.165, 1.54) is 11.1 Å². The molecule has 0 radical (unpaired) electrons. The quantitative estimate of drug-likeness (QED) is 0.868. The Balaban J connectivity index is 0.00000225. The number of piperidine rings is 1. The Kier molecular flexibility index (Phi) is 7.38. The van der Waals surface area contributed by atoms with Crippen molar-refractivity contribution in [1.29, 1.82) is 0 Å². The van der Waals surface area contributed by atoms with Crippen LogP contribution in [-0.4, -0.2) is 43.7 Å². The molecule has 1 aromatic rings. The Labute approximate surface area is 156 Å². The van der Waals surface area contributed by atoms with Gasteiger partial charge in [-0.25, -0.2) is 0 Å². The maximum absolute atomic E-state index is 12.8. The molecule has 0 saturated carbocycles. The minimum absolute atomic E-state index is 0. The molecule has 25 heavy (non-hydrogen) atoms. The molecule has 140 valence electrons. The smallest absolute Gasteiger partial charge is 0.226 e. The summed E-state index contributed by atoms with van der Waals surface area (Å²) in [5.41, 5.74) is 2.46. The van der Waals surface area contributed by atoms with E-state index < -0.39 is 0 Å². The van der Waals surface area contributed by atoms with Gasteiger partial charge in [0, 0.05) is 19.0 Å². The number of nitrogens with one attached hydrogen (secondary N) is 1. The summed E-state index contributed by atoms with van der Waals surface area (Å²) in [4.78, 5) is 14.8. The van der Waals surface area contributed by atoms with Gasteiger partial charge in [0.25, 0.3) is 0 Å². The number of halogens is 1. The predicted octanol–water partition coefficient (Wildman–Crippen LogP) is 2.79. The van der Waals surface area contributed by atoms with Crippen LogP contribution < -0.4 is 14.8 Å². The maximum Gasteiger partial charge on any atom is 0.226 e. The van der Waals surface area contributed by atoms with E-state index in [9.17, 15) is 4.79 Å². The van der Waals surface area contributed by atoms with Crippen LogP contribution >= 0.6 is 12.4 Å². The average Bonchev–Trinajstić information content (AvgIpc) is 2.62. The third-order valence-electron chi connectivity index (χ3n) is 4.88. The third kappa shape index (κ3) is 4.59. The van der Waals surface area contributed by atoms with Gasteiger partial charge in [0.15, 0.2) is 11.5 Å². The second-order valence-corrected chi connectivity index (χ2v) is 6.47. The normalized spacial score (nSPS) is 17.4. The summed E-state index contributed by atoms with van der Waals surface area (Å²) in [6, 6.07) is 4.15. The molecular formula is C19H29ClN2O3. The molecular weight excluding hydrogens is 340 g/mol. The van der Waals surface area contributed by atoms with E-state index in [1.54, 1.807) is 0 Å². The third-order valence-corrected chi connectivity index (χ3v) is 4.88. The summed E-state index contributed by atoms with van der Waals surface area (Å²) in [6.07, 6.45) is 2.80. The van der Waals surface area contributed by atoms with E-state index in [-0.39, 0.29) is 18.3 Å². The van der Waals surface area contributed by atoms with Crippen LogP contribution in [-0.2, 0) is 17.8 Å². The Morgan fingerprint density at radius 3 is 2.32 bits per heavy atom.